The van der Waals surface area contributed by atoms with E-state index in [0.717, 1.165) is 11.3 Å². The molecule has 0 radical (unpaired) electrons. The zero-order valence-electron chi connectivity index (χ0n) is 15.4. The Balaban J connectivity index is 1.93. The molecule has 0 unspecified atom stereocenters. The summed E-state index contributed by atoms with van der Waals surface area (Å²) >= 11 is 0. The first-order valence-electron chi connectivity index (χ1n) is 8.69. The van der Waals surface area contributed by atoms with Crippen LogP contribution >= 0.6 is 0 Å². The molecule has 138 valence electrons. The fraction of sp³-hybridized carbons (Fsp3) is 0.333. The van der Waals surface area contributed by atoms with Crippen LogP contribution in [-0.2, 0) is 20.9 Å². The van der Waals surface area contributed by atoms with Crippen molar-refractivity contribution in [2.45, 2.75) is 39.8 Å². The second-order valence-electron chi connectivity index (χ2n) is 6.57. The monoisotopic (exact) mass is 355 g/mol. The summed E-state index contributed by atoms with van der Waals surface area (Å²) in [5, 5.41) is 2.72. The molecule has 0 aliphatic carbocycles. The molecule has 1 aromatic carbocycles. The van der Waals surface area contributed by atoms with E-state index in [0.29, 0.717) is 12.2 Å². The number of carbonyl (C=O) groups is 2. The zero-order valence-corrected chi connectivity index (χ0v) is 15.4. The number of amides is 1. The van der Waals surface area contributed by atoms with Crippen LogP contribution in [-0.4, -0.2) is 17.9 Å². The maximum Gasteiger partial charge on any atom is 0.328 e. The molecule has 0 fully saturated rings. The smallest absolute Gasteiger partial charge is 0.328 e. The van der Waals surface area contributed by atoms with Gasteiger partial charge < -0.3 is 14.5 Å². The summed E-state index contributed by atoms with van der Waals surface area (Å²) in [5.74, 6) is 0.803. The van der Waals surface area contributed by atoms with Gasteiger partial charge in [0.25, 0.3) is 0 Å². The number of hydrogen-bond donors (Lipinski definition) is 1. The second kappa shape index (κ2) is 9.61. The number of rotatable bonds is 8. The number of furan rings is 1. The molecule has 1 amide bonds. The van der Waals surface area contributed by atoms with Crippen LogP contribution in [0.15, 0.2) is 53.0 Å². The zero-order chi connectivity index (χ0) is 18.9. The van der Waals surface area contributed by atoms with Gasteiger partial charge in [0.15, 0.2) is 0 Å². The molecule has 0 saturated heterocycles. The number of nitrogens with one attached hydrogen (secondary N) is 1. The van der Waals surface area contributed by atoms with E-state index in [-0.39, 0.29) is 18.4 Å². The first-order valence-corrected chi connectivity index (χ1v) is 8.69. The minimum absolute atomic E-state index is 0.186. The Morgan fingerprint density at radius 1 is 1.15 bits per heavy atom. The van der Waals surface area contributed by atoms with E-state index in [1.54, 1.807) is 12.1 Å². The number of hydrogen-bond acceptors (Lipinski definition) is 4. The van der Waals surface area contributed by atoms with Crippen molar-refractivity contribution >= 4 is 18.0 Å². The first-order chi connectivity index (χ1) is 12.4. The van der Waals surface area contributed by atoms with Gasteiger partial charge in [-0.15, -0.1) is 0 Å². The Morgan fingerprint density at radius 3 is 2.50 bits per heavy atom. The molecule has 0 aliphatic rings. The largest absolute Gasteiger partial charge is 0.462 e. The van der Waals surface area contributed by atoms with Crippen molar-refractivity contribution in [1.82, 2.24) is 5.32 Å². The predicted octanol–water partition coefficient (Wildman–Crippen LogP) is 3.88. The average molecular weight is 355 g/mol. The van der Waals surface area contributed by atoms with E-state index in [4.69, 9.17) is 9.15 Å². The van der Waals surface area contributed by atoms with E-state index < -0.39 is 12.0 Å². The van der Waals surface area contributed by atoms with Crippen molar-refractivity contribution in [3.8, 4) is 0 Å². The maximum atomic E-state index is 12.4. The van der Waals surface area contributed by atoms with Crippen molar-refractivity contribution in [3.63, 3.8) is 0 Å². The maximum absolute atomic E-state index is 12.4. The molecule has 2 rings (SSSR count). The summed E-state index contributed by atoms with van der Waals surface area (Å²) in [7, 11) is 0. The Kier molecular flexibility index (Phi) is 7.21. The first kappa shape index (κ1) is 19.5. The summed E-state index contributed by atoms with van der Waals surface area (Å²) in [5.41, 5.74) is 0.906. The van der Waals surface area contributed by atoms with E-state index in [2.05, 4.69) is 5.32 Å². The number of esters is 1. The molecule has 26 heavy (non-hydrogen) atoms. The van der Waals surface area contributed by atoms with Crippen LogP contribution in [0, 0.1) is 12.8 Å². The molecule has 0 aliphatic heterocycles. The summed E-state index contributed by atoms with van der Waals surface area (Å²) < 4.78 is 10.7. The Morgan fingerprint density at radius 2 is 1.88 bits per heavy atom. The molecule has 1 N–H and O–H groups in total. The lowest BCUT2D eigenvalue weighted by Gasteiger charge is -2.18. The summed E-state index contributed by atoms with van der Waals surface area (Å²) in [6, 6.07) is 12.4. The molecule has 5 heteroatoms. The lowest BCUT2D eigenvalue weighted by Crippen LogP contribution is -2.42. The SMILES string of the molecule is Cc1ccc(/C=C/C(=O)N[C@@H](CC(C)C)C(=O)OCc2ccccc2)o1. The fourth-order valence-electron chi connectivity index (χ4n) is 2.44. The molecular weight excluding hydrogens is 330 g/mol. The summed E-state index contributed by atoms with van der Waals surface area (Å²) in [4.78, 5) is 24.5. The molecule has 1 atom stereocenters. The van der Waals surface area contributed by atoms with Crippen LogP contribution in [0.3, 0.4) is 0 Å². The van der Waals surface area contributed by atoms with Gasteiger partial charge in [0.05, 0.1) is 0 Å². The van der Waals surface area contributed by atoms with Gasteiger partial charge in [-0.2, -0.15) is 0 Å². The van der Waals surface area contributed by atoms with Gasteiger partial charge in [0.2, 0.25) is 5.91 Å². The highest BCUT2D eigenvalue weighted by Gasteiger charge is 2.22. The predicted molar refractivity (Wildman–Crippen MR) is 100 cm³/mol. The molecular formula is C21H25NO4. The molecule has 5 nitrogen and oxygen atoms in total. The summed E-state index contributed by atoms with van der Waals surface area (Å²) in [6.07, 6.45) is 3.44. The van der Waals surface area contributed by atoms with Crippen LogP contribution in [0.2, 0.25) is 0 Å². The third-order valence-electron chi connectivity index (χ3n) is 3.69. The lowest BCUT2D eigenvalue weighted by atomic mass is 10.0. The molecule has 1 aromatic heterocycles. The van der Waals surface area contributed by atoms with Gasteiger partial charge in [0.1, 0.15) is 24.2 Å². The van der Waals surface area contributed by atoms with Gasteiger partial charge in [-0.25, -0.2) is 4.79 Å². The molecule has 0 bridgehead atoms. The standard InChI is InChI=1S/C21H25NO4/c1-15(2)13-19(21(24)25-14-17-7-5-4-6-8-17)22-20(23)12-11-18-10-9-16(3)26-18/h4-12,15,19H,13-14H2,1-3H3,(H,22,23)/b12-11+/t19-/m0/s1. The highest BCUT2D eigenvalue weighted by atomic mass is 16.5. The van der Waals surface area contributed by atoms with Crippen LogP contribution in [0.5, 0.6) is 0 Å². The van der Waals surface area contributed by atoms with E-state index in [1.807, 2.05) is 57.2 Å². The quantitative estimate of drug-likeness (QED) is 0.576. The second-order valence-corrected chi connectivity index (χ2v) is 6.57. The minimum atomic E-state index is -0.686. The minimum Gasteiger partial charge on any atom is -0.462 e. The van der Waals surface area contributed by atoms with Crippen LogP contribution < -0.4 is 5.32 Å². The van der Waals surface area contributed by atoms with Gasteiger partial charge in [-0.3, -0.25) is 4.79 Å². The van der Waals surface area contributed by atoms with Crippen molar-refractivity contribution in [1.29, 1.82) is 0 Å². The van der Waals surface area contributed by atoms with Gasteiger partial charge >= 0.3 is 5.97 Å². The highest BCUT2D eigenvalue weighted by molar-refractivity contribution is 5.94. The average Bonchev–Trinajstić information content (AvgIpc) is 3.03. The van der Waals surface area contributed by atoms with Crippen molar-refractivity contribution < 1.29 is 18.7 Å². The third kappa shape index (κ3) is 6.59. The Labute approximate surface area is 154 Å². The van der Waals surface area contributed by atoms with E-state index >= 15 is 0 Å². The molecule has 2 aromatic rings. The van der Waals surface area contributed by atoms with Gasteiger partial charge in [-0.1, -0.05) is 44.2 Å². The molecule has 0 spiro atoms. The van der Waals surface area contributed by atoms with Crippen LogP contribution in [0.4, 0.5) is 0 Å². The molecule has 1 heterocycles. The lowest BCUT2D eigenvalue weighted by molar-refractivity contribution is -0.149. The van der Waals surface area contributed by atoms with E-state index in [9.17, 15) is 9.59 Å². The van der Waals surface area contributed by atoms with Crippen molar-refractivity contribution in [3.05, 3.63) is 65.6 Å². The third-order valence-corrected chi connectivity index (χ3v) is 3.69. The topological polar surface area (TPSA) is 68.5 Å². The number of benzene rings is 1. The number of ether oxygens (including phenoxy) is 1. The highest BCUT2D eigenvalue weighted by Crippen LogP contribution is 2.10. The number of carbonyl (C=O) groups excluding carboxylic acids is 2. The Hall–Kier alpha value is -2.82. The van der Waals surface area contributed by atoms with Crippen LogP contribution in [0.1, 0.15) is 37.4 Å². The van der Waals surface area contributed by atoms with Crippen molar-refractivity contribution in [2.24, 2.45) is 5.92 Å². The van der Waals surface area contributed by atoms with Gasteiger partial charge in [-0.05, 0) is 43.0 Å². The number of aryl methyl sites for hydroxylation is 1. The Bertz CT molecular complexity index is 746. The molecule has 0 saturated carbocycles. The van der Waals surface area contributed by atoms with E-state index in [1.165, 1.54) is 6.08 Å². The normalized spacial score (nSPS) is 12.3. The fourth-order valence-corrected chi connectivity index (χ4v) is 2.44. The van der Waals surface area contributed by atoms with Crippen molar-refractivity contribution in [2.75, 3.05) is 0 Å². The van der Waals surface area contributed by atoms with Crippen LogP contribution in [0.25, 0.3) is 6.08 Å². The van der Waals surface area contributed by atoms with Gasteiger partial charge in [0, 0.05) is 6.08 Å². The summed E-state index contributed by atoms with van der Waals surface area (Å²) in [6.45, 7) is 6.00.